The van der Waals surface area contributed by atoms with Crippen LogP contribution in [0.4, 0.5) is 0 Å². The number of carbonyl (C=O) groups is 1. The minimum absolute atomic E-state index is 0.112. The van der Waals surface area contributed by atoms with Gasteiger partial charge in [-0.3, -0.25) is 4.79 Å². The Morgan fingerprint density at radius 3 is 1.93 bits per heavy atom. The van der Waals surface area contributed by atoms with E-state index in [0.29, 0.717) is 28.9 Å². The second-order valence-corrected chi connectivity index (χ2v) is 7.34. The van der Waals surface area contributed by atoms with Crippen molar-refractivity contribution in [3.05, 3.63) is 100 Å². The molecular weight excluding hydrogens is 393 g/mol. The number of rotatable bonds is 7. The lowest BCUT2D eigenvalue weighted by molar-refractivity contribution is -0.139. The Kier molecular flexibility index (Phi) is 6.96. The molecule has 1 amide bonds. The molecule has 1 atom stereocenters. The van der Waals surface area contributed by atoms with Crippen LogP contribution in [0.1, 0.15) is 18.1 Å². The predicted molar refractivity (Wildman–Crippen MR) is 114 cm³/mol. The number of ether oxygens (including phenoxy) is 1. The first kappa shape index (κ1) is 20.2. The molecule has 0 aliphatic carbocycles. The molecule has 144 valence electrons. The molecule has 28 heavy (non-hydrogen) atoms. The first-order chi connectivity index (χ1) is 13.5. The predicted octanol–water partition coefficient (Wildman–Crippen LogP) is 5.99. The molecule has 3 aromatic rings. The van der Waals surface area contributed by atoms with Crippen LogP contribution in [0.15, 0.2) is 78.9 Å². The molecule has 0 radical (unpaired) electrons. The van der Waals surface area contributed by atoms with E-state index in [4.69, 9.17) is 27.9 Å². The van der Waals surface area contributed by atoms with Gasteiger partial charge in [0.2, 0.25) is 0 Å². The molecule has 0 saturated carbocycles. The molecule has 0 aliphatic heterocycles. The lowest BCUT2D eigenvalue weighted by Gasteiger charge is -2.26. The van der Waals surface area contributed by atoms with E-state index in [1.165, 1.54) is 0 Å². The zero-order valence-corrected chi connectivity index (χ0v) is 17.0. The van der Waals surface area contributed by atoms with Gasteiger partial charge in [0, 0.05) is 18.1 Å². The van der Waals surface area contributed by atoms with E-state index in [-0.39, 0.29) is 5.91 Å². The van der Waals surface area contributed by atoms with Crippen LogP contribution < -0.4 is 4.74 Å². The molecule has 3 aromatic carbocycles. The van der Waals surface area contributed by atoms with Crippen LogP contribution in [-0.2, 0) is 17.9 Å². The molecule has 3 nitrogen and oxygen atoms in total. The van der Waals surface area contributed by atoms with E-state index < -0.39 is 6.10 Å². The summed E-state index contributed by atoms with van der Waals surface area (Å²) in [6.07, 6.45) is -0.689. The van der Waals surface area contributed by atoms with Crippen molar-refractivity contribution in [1.82, 2.24) is 4.90 Å². The van der Waals surface area contributed by atoms with E-state index in [1.807, 2.05) is 60.7 Å². The summed E-state index contributed by atoms with van der Waals surface area (Å²) in [4.78, 5) is 15.0. The lowest BCUT2D eigenvalue weighted by atomic mass is 10.1. The average Bonchev–Trinajstić information content (AvgIpc) is 2.70. The van der Waals surface area contributed by atoms with Gasteiger partial charge in [0.05, 0.1) is 5.02 Å². The zero-order chi connectivity index (χ0) is 19.9. The van der Waals surface area contributed by atoms with Gasteiger partial charge in [-0.2, -0.15) is 0 Å². The summed E-state index contributed by atoms with van der Waals surface area (Å²) in [7, 11) is 0. The number of carbonyl (C=O) groups excluding carboxylic acids is 1. The van der Waals surface area contributed by atoms with Crippen LogP contribution in [0.25, 0.3) is 0 Å². The first-order valence-electron chi connectivity index (χ1n) is 9.01. The third kappa shape index (κ3) is 5.51. The maximum absolute atomic E-state index is 13.2. The van der Waals surface area contributed by atoms with Crippen molar-refractivity contribution in [3.8, 4) is 5.75 Å². The number of nitrogens with zero attached hydrogens (tertiary/aromatic N) is 1. The topological polar surface area (TPSA) is 29.5 Å². The standard InChI is InChI=1S/C23H21Cl2NO2/c1-17(28-22-13-12-20(24)14-21(22)25)23(27)26(15-18-8-4-2-5-9-18)16-19-10-6-3-7-11-19/h2-14,17H,15-16H2,1H3/t17-/m1/s1. The van der Waals surface area contributed by atoms with Gasteiger partial charge in [-0.05, 0) is 36.2 Å². The van der Waals surface area contributed by atoms with E-state index in [1.54, 1.807) is 30.0 Å². The van der Waals surface area contributed by atoms with Crippen LogP contribution in [0.5, 0.6) is 5.75 Å². The monoisotopic (exact) mass is 413 g/mol. The second-order valence-electron chi connectivity index (χ2n) is 6.50. The highest BCUT2D eigenvalue weighted by Gasteiger charge is 2.23. The molecule has 5 heteroatoms. The molecule has 0 fully saturated rings. The van der Waals surface area contributed by atoms with Gasteiger partial charge in [0.15, 0.2) is 6.10 Å². The number of hydrogen-bond donors (Lipinski definition) is 0. The Bertz CT molecular complexity index is 875. The minimum Gasteiger partial charge on any atom is -0.479 e. The van der Waals surface area contributed by atoms with Crippen molar-refractivity contribution < 1.29 is 9.53 Å². The molecule has 0 aliphatic rings. The molecule has 0 N–H and O–H groups in total. The fraction of sp³-hybridized carbons (Fsp3) is 0.174. The molecular formula is C23H21Cl2NO2. The Morgan fingerprint density at radius 1 is 0.893 bits per heavy atom. The van der Waals surface area contributed by atoms with Crippen LogP contribution in [0.3, 0.4) is 0 Å². The van der Waals surface area contributed by atoms with E-state index >= 15 is 0 Å². The van der Waals surface area contributed by atoms with Crippen molar-refractivity contribution in [3.63, 3.8) is 0 Å². The van der Waals surface area contributed by atoms with E-state index in [0.717, 1.165) is 11.1 Å². The Balaban J connectivity index is 1.78. The minimum atomic E-state index is -0.689. The Morgan fingerprint density at radius 2 is 1.43 bits per heavy atom. The number of amides is 1. The lowest BCUT2D eigenvalue weighted by Crippen LogP contribution is -2.39. The fourth-order valence-electron chi connectivity index (χ4n) is 2.89. The quantitative estimate of drug-likeness (QED) is 0.475. The Labute approximate surface area is 175 Å². The Hall–Kier alpha value is -2.49. The maximum Gasteiger partial charge on any atom is 0.263 e. The van der Waals surface area contributed by atoms with Gasteiger partial charge in [-0.1, -0.05) is 83.9 Å². The molecule has 0 bridgehead atoms. The summed E-state index contributed by atoms with van der Waals surface area (Å²) < 4.78 is 5.84. The van der Waals surface area contributed by atoms with Crippen LogP contribution in [-0.4, -0.2) is 16.9 Å². The molecule has 0 heterocycles. The molecule has 3 rings (SSSR count). The molecule has 0 unspecified atom stereocenters. The third-order valence-electron chi connectivity index (χ3n) is 4.29. The molecule has 0 spiro atoms. The van der Waals surface area contributed by atoms with Crippen molar-refractivity contribution in [1.29, 1.82) is 0 Å². The number of halogens is 2. The maximum atomic E-state index is 13.2. The average molecular weight is 414 g/mol. The highest BCUT2D eigenvalue weighted by atomic mass is 35.5. The summed E-state index contributed by atoms with van der Waals surface area (Å²) in [5.74, 6) is 0.324. The van der Waals surface area contributed by atoms with Crippen molar-refractivity contribution >= 4 is 29.1 Å². The fourth-order valence-corrected chi connectivity index (χ4v) is 3.34. The highest BCUT2D eigenvalue weighted by Crippen LogP contribution is 2.28. The van der Waals surface area contributed by atoms with Crippen molar-refractivity contribution in [2.24, 2.45) is 0 Å². The second kappa shape index (κ2) is 9.63. The van der Waals surface area contributed by atoms with E-state index in [2.05, 4.69) is 0 Å². The van der Waals surface area contributed by atoms with Gasteiger partial charge in [0.1, 0.15) is 5.75 Å². The van der Waals surface area contributed by atoms with Crippen LogP contribution >= 0.6 is 23.2 Å². The van der Waals surface area contributed by atoms with Gasteiger partial charge in [-0.15, -0.1) is 0 Å². The van der Waals surface area contributed by atoms with E-state index in [9.17, 15) is 4.79 Å². The zero-order valence-electron chi connectivity index (χ0n) is 15.5. The van der Waals surface area contributed by atoms with Gasteiger partial charge in [-0.25, -0.2) is 0 Å². The van der Waals surface area contributed by atoms with Crippen molar-refractivity contribution in [2.45, 2.75) is 26.1 Å². The SMILES string of the molecule is C[C@@H](Oc1ccc(Cl)cc1Cl)C(=O)N(Cc1ccccc1)Cc1ccccc1. The van der Waals surface area contributed by atoms with Crippen LogP contribution in [0, 0.1) is 0 Å². The third-order valence-corrected chi connectivity index (χ3v) is 4.82. The van der Waals surface area contributed by atoms with Gasteiger partial charge < -0.3 is 9.64 Å². The number of hydrogen-bond acceptors (Lipinski definition) is 2. The summed E-state index contributed by atoms with van der Waals surface area (Å²) in [5, 5.41) is 0.899. The molecule has 0 aromatic heterocycles. The van der Waals surface area contributed by atoms with Crippen molar-refractivity contribution in [2.75, 3.05) is 0 Å². The highest BCUT2D eigenvalue weighted by molar-refractivity contribution is 6.35. The first-order valence-corrected chi connectivity index (χ1v) is 9.77. The normalized spacial score (nSPS) is 11.7. The largest absolute Gasteiger partial charge is 0.479 e. The summed E-state index contributed by atoms with van der Waals surface area (Å²) in [6.45, 7) is 2.73. The summed E-state index contributed by atoms with van der Waals surface area (Å²) >= 11 is 12.1. The summed E-state index contributed by atoms with van der Waals surface area (Å²) in [5.41, 5.74) is 2.12. The van der Waals surface area contributed by atoms with Gasteiger partial charge >= 0.3 is 0 Å². The van der Waals surface area contributed by atoms with Crippen LogP contribution in [0.2, 0.25) is 10.0 Å². The summed E-state index contributed by atoms with van der Waals surface area (Å²) in [6, 6.07) is 24.8. The smallest absolute Gasteiger partial charge is 0.263 e. The van der Waals surface area contributed by atoms with Gasteiger partial charge in [0.25, 0.3) is 5.91 Å². The molecule has 0 saturated heterocycles. The number of benzene rings is 3.